The SMILES string of the molecule is Cc1ccc(Oc2cc(C(N)=O)cc(-c3ncc(C)s3)c2)cn1. The summed E-state index contributed by atoms with van der Waals surface area (Å²) in [6.07, 6.45) is 3.43. The van der Waals surface area contributed by atoms with Crippen LogP contribution in [0, 0.1) is 13.8 Å². The van der Waals surface area contributed by atoms with Gasteiger partial charge in [0.1, 0.15) is 16.5 Å². The van der Waals surface area contributed by atoms with E-state index in [2.05, 4.69) is 9.97 Å². The molecule has 0 fully saturated rings. The van der Waals surface area contributed by atoms with E-state index in [9.17, 15) is 4.79 Å². The Morgan fingerprint density at radius 2 is 1.91 bits per heavy atom. The normalized spacial score (nSPS) is 10.5. The molecule has 3 aromatic rings. The van der Waals surface area contributed by atoms with Crippen molar-refractivity contribution in [2.45, 2.75) is 13.8 Å². The molecule has 5 nitrogen and oxygen atoms in total. The van der Waals surface area contributed by atoms with Gasteiger partial charge in [-0.05, 0) is 44.2 Å². The Morgan fingerprint density at radius 3 is 2.52 bits per heavy atom. The van der Waals surface area contributed by atoms with Gasteiger partial charge in [-0.25, -0.2) is 4.98 Å². The first-order valence-corrected chi connectivity index (χ1v) is 7.81. The number of rotatable bonds is 4. The zero-order valence-electron chi connectivity index (χ0n) is 12.7. The number of aromatic nitrogens is 2. The lowest BCUT2D eigenvalue weighted by Gasteiger charge is -2.09. The zero-order chi connectivity index (χ0) is 16.4. The van der Waals surface area contributed by atoms with Gasteiger partial charge in [0.15, 0.2) is 0 Å². The van der Waals surface area contributed by atoms with Crippen molar-refractivity contribution in [1.29, 1.82) is 0 Å². The molecule has 2 aromatic heterocycles. The summed E-state index contributed by atoms with van der Waals surface area (Å²) in [4.78, 5) is 21.2. The van der Waals surface area contributed by atoms with Crippen LogP contribution in [0.15, 0.2) is 42.7 Å². The number of carbonyl (C=O) groups is 1. The first-order valence-electron chi connectivity index (χ1n) is 6.99. The standard InChI is InChI=1S/C17H15N3O2S/c1-10-3-4-14(9-19-10)22-15-6-12(16(18)21)5-13(7-15)17-20-8-11(2)23-17/h3-9H,1-2H3,(H2,18,21). The molecule has 0 aliphatic heterocycles. The van der Waals surface area contributed by atoms with Gasteiger partial charge in [-0.2, -0.15) is 0 Å². The van der Waals surface area contributed by atoms with Crippen LogP contribution >= 0.6 is 11.3 Å². The van der Waals surface area contributed by atoms with Crippen LogP contribution in [-0.4, -0.2) is 15.9 Å². The van der Waals surface area contributed by atoms with Crippen LogP contribution in [0.25, 0.3) is 10.6 Å². The number of thiazole rings is 1. The fraction of sp³-hybridized carbons (Fsp3) is 0.118. The molecule has 0 saturated carbocycles. The highest BCUT2D eigenvalue weighted by atomic mass is 32.1. The summed E-state index contributed by atoms with van der Waals surface area (Å²) in [5.41, 5.74) is 7.51. The highest BCUT2D eigenvalue weighted by molar-refractivity contribution is 7.14. The number of hydrogen-bond donors (Lipinski definition) is 1. The average Bonchev–Trinajstić information content (AvgIpc) is 2.96. The maximum Gasteiger partial charge on any atom is 0.248 e. The Kier molecular flexibility index (Phi) is 4.08. The van der Waals surface area contributed by atoms with E-state index in [4.69, 9.17) is 10.5 Å². The maximum absolute atomic E-state index is 11.6. The molecule has 0 bridgehead atoms. The van der Waals surface area contributed by atoms with Gasteiger partial charge in [0.05, 0.1) is 6.20 Å². The quantitative estimate of drug-likeness (QED) is 0.793. The van der Waals surface area contributed by atoms with Crippen molar-refractivity contribution in [1.82, 2.24) is 9.97 Å². The molecule has 0 aliphatic carbocycles. The third-order valence-electron chi connectivity index (χ3n) is 3.18. The fourth-order valence-electron chi connectivity index (χ4n) is 2.06. The van der Waals surface area contributed by atoms with Crippen LogP contribution in [0.1, 0.15) is 20.9 Å². The topological polar surface area (TPSA) is 78.1 Å². The average molecular weight is 325 g/mol. The van der Waals surface area contributed by atoms with E-state index in [0.717, 1.165) is 21.1 Å². The lowest BCUT2D eigenvalue weighted by atomic mass is 10.1. The largest absolute Gasteiger partial charge is 0.456 e. The van der Waals surface area contributed by atoms with Gasteiger partial charge in [-0.3, -0.25) is 9.78 Å². The lowest BCUT2D eigenvalue weighted by molar-refractivity contribution is 0.1000. The number of amides is 1. The van der Waals surface area contributed by atoms with Crippen molar-refractivity contribution >= 4 is 17.2 Å². The van der Waals surface area contributed by atoms with Crippen LogP contribution in [0.5, 0.6) is 11.5 Å². The molecule has 0 unspecified atom stereocenters. The number of benzene rings is 1. The van der Waals surface area contributed by atoms with Crippen LogP contribution in [-0.2, 0) is 0 Å². The van der Waals surface area contributed by atoms with E-state index >= 15 is 0 Å². The van der Waals surface area contributed by atoms with Crippen molar-refractivity contribution in [3.63, 3.8) is 0 Å². The molecule has 1 aromatic carbocycles. The number of nitrogens with zero attached hydrogens (tertiary/aromatic N) is 2. The van der Waals surface area contributed by atoms with E-state index in [1.165, 1.54) is 0 Å². The predicted molar refractivity (Wildman–Crippen MR) is 89.9 cm³/mol. The Balaban J connectivity index is 2.00. The Morgan fingerprint density at radius 1 is 1.09 bits per heavy atom. The summed E-state index contributed by atoms with van der Waals surface area (Å²) in [6.45, 7) is 3.88. The number of ether oxygens (including phenoxy) is 1. The van der Waals surface area contributed by atoms with Gasteiger partial charge in [0.2, 0.25) is 5.91 Å². The van der Waals surface area contributed by atoms with Crippen molar-refractivity contribution in [2.24, 2.45) is 5.73 Å². The van der Waals surface area contributed by atoms with Crippen molar-refractivity contribution < 1.29 is 9.53 Å². The molecule has 116 valence electrons. The molecule has 2 heterocycles. The summed E-state index contributed by atoms with van der Waals surface area (Å²) in [6, 6.07) is 8.86. The highest BCUT2D eigenvalue weighted by Crippen LogP contribution is 2.31. The second kappa shape index (κ2) is 6.18. The molecule has 6 heteroatoms. The molecule has 0 aliphatic rings. The minimum atomic E-state index is -0.507. The Hall–Kier alpha value is -2.73. The number of pyridine rings is 1. The molecule has 1 amide bonds. The van der Waals surface area contributed by atoms with Gasteiger partial charge in [0.25, 0.3) is 0 Å². The molecule has 0 spiro atoms. The van der Waals surface area contributed by atoms with Gasteiger partial charge >= 0.3 is 0 Å². The fourth-order valence-corrected chi connectivity index (χ4v) is 2.81. The van der Waals surface area contributed by atoms with E-state index in [0.29, 0.717) is 17.1 Å². The first-order chi connectivity index (χ1) is 11.0. The lowest BCUT2D eigenvalue weighted by Crippen LogP contribution is -2.11. The van der Waals surface area contributed by atoms with Gasteiger partial charge in [-0.15, -0.1) is 11.3 Å². The first kappa shape index (κ1) is 15.2. The maximum atomic E-state index is 11.6. The summed E-state index contributed by atoms with van der Waals surface area (Å²) in [5, 5.41) is 0.817. The summed E-state index contributed by atoms with van der Waals surface area (Å²) in [7, 11) is 0. The molecule has 3 rings (SSSR count). The molecular formula is C17H15N3O2S. The van der Waals surface area contributed by atoms with Crippen LogP contribution < -0.4 is 10.5 Å². The minimum absolute atomic E-state index is 0.380. The second-order valence-electron chi connectivity index (χ2n) is 5.12. The minimum Gasteiger partial charge on any atom is -0.456 e. The van der Waals surface area contributed by atoms with Gasteiger partial charge in [0, 0.05) is 27.9 Å². The van der Waals surface area contributed by atoms with Crippen LogP contribution in [0.3, 0.4) is 0 Å². The van der Waals surface area contributed by atoms with Gasteiger partial charge in [-0.1, -0.05) is 0 Å². The zero-order valence-corrected chi connectivity index (χ0v) is 13.6. The summed E-state index contributed by atoms with van der Waals surface area (Å²) < 4.78 is 5.80. The third kappa shape index (κ3) is 3.54. The molecular weight excluding hydrogens is 310 g/mol. The van der Waals surface area contributed by atoms with Crippen LogP contribution in [0.4, 0.5) is 0 Å². The molecule has 0 atom stereocenters. The molecule has 23 heavy (non-hydrogen) atoms. The predicted octanol–water partition coefficient (Wildman–Crippen LogP) is 3.71. The monoisotopic (exact) mass is 325 g/mol. The number of hydrogen-bond acceptors (Lipinski definition) is 5. The van der Waals surface area contributed by atoms with E-state index in [1.54, 1.807) is 35.9 Å². The Bertz CT molecular complexity index is 857. The number of nitrogens with two attached hydrogens (primary N) is 1. The second-order valence-corrected chi connectivity index (χ2v) is 6.36. The van der Waals surface area contributed by atoms with E-state index in [1.807, 2.05) is 32.0 Å². The smallest absolute Gasteiger partial charge is 0.248 e. The summed E-state index contributed by atoms with van der Waals surface area (Å²) >= 11 is 1.55. The van der Waals surface area contributed by atoms with Crippen molar-refractivity contribution in [3.8, 4) is 22.1 Å². The summed E-state index contributed by atoms with van der Waals surface area (Å²) in [5.74, 6) is 0.611. The number of primary amides is 1. The molecule has 2 N–H and O–H groups in total. The highest BCUT2D eigenvalue weighted by Gasteiger charge is 2.11. The van der Waals surface area contributed by atoms with Crippen molar-refractivity contribution in [3.05, 3.63) is 58.9 Å². The Labute approximate surface area is 137 Å². The molecule has 0 radical (unpaired) electrons. The van der Waals surface area contributed by atoms with Gasteiger partial charge < -0.3 is 10.5 Å². The third-order valence-corrected chi connectivity index (χ3v) is 4.14. The van der Waals surface area contributed by atoms with Crippen LogP contribution in [0.2, 0.25) is 0 Å². The van der Waals surface area contributed by atoms with E-state index in [-0.39, 0.29) is 0 Å². The van der Waals surface area contributed by atoms with E-state index < -0.39 is 5.91 Å². The van der Waals surface area contributed by atoms with Crippen molar-refractivity contribution in [2.75, 3.05) is 0 Å². The number of carbonyl (C=O) groups excluding carboxylic acids is 1. The number of aryl methyl sites for hydroxylation is 2. The molecule has 0 saturated heterocycles.